The van der Waals surface area contributed by atoms with Gasteiger partial charge < -0.3 is 0 Å². The summed E-state index contributed by atoms with van der Waals surface area (Å²) in [7, 11) is 0. The Morgan fingerprint density at radius 2 is 1.41 bits per heavy atom. The standard InChI is InChI=1S/C7H8.C4H5NS.2C2H6/c1-7-5-3-2-4-6-7;1-4-5-2-3-6-4;2*1-2/h2-6H,1H3;2-3H,1H3;2*1-2H3. The van der Waals surface area contributed by atoms with Crippen LogP contribution in [0.5, 0.6) is 0 Å². The van der Waals surface area contributed by atoms with Crippen molar-refractivity contribution in [1.29, 1.82) is 0 Å². The molecule has 2 heteroatoms. The van der Waals surface area contributed by atoms with E-state index in [1.807, 2.05) is 58.2 Å². The first-order valence-electron chi connectivity index (χ1n) is 6.17. The summed E-state index contributed by atoms with van der Waals surface area (Å²) in [5, 5.41) is 3.10. The van der Waals surface area contributed by atoms with Crippen LogP contribution in [0.1, 0.15) is 38.3 Å². The van der Waals surface area contributed by atoms with Crippen molar-refractivity contribution < 1.29 is 0 Å². The van der Waals surface area contributed by atoms with E-state index >= 15 is 0 Å². The van der Waals surface area contributed by atoms with Gasteiger partial charge in [0.25, 0.3) is 0 Å². The molecule has 2 aromatic rings. The fraction of sp³-hybridized carbons (Fsp3) is 0.400. The van der Waals surface area contributed by atoms with Crippen LogP contribution in [0.3, 0.4) is 0 Å². The molecular formula is C15H25NS. The highest BCUT2D eigenvalue weighted by Gasteiger charge is 1.76. The van der Waals surface area contributed by atoms with Crippen LogP contribution in [0.2, 0.25) is 0 Å². The Labute approximate surface area is 111 Å². The van der Waals surface area contributed by atoms with Crippen molar-refractivity contribution in [2.75, 3.05) is 0 Å². The summed E-state index contributed by atoms with van der Waals surface area (Å²) in [6.45, 7) is 12.1. The second-order valence-corrected chi connectivity index (χ2v) is 3.80. The Morgan fingerprint density at radius 1 is 0.882 bits per heavy atom. The second-order valence-electron chi connectivity index (χ2n) is 2.71. The summed E-state index contributed by atoms with van der Waals surface area (Å²) >= 11 is 1.67. The maximum Gasteiger partial charge on any atom is 0.0893 e. The molecule has 1 aromatic heterocycles. The molecule has 0 saturated carbocycles. The van der Waals surface area contributed by atoms with E-state index in [9.17, 15) is 0 Å². The molecule has 0 bridgehead atoms. The van der Waals surface area contributed by atoms with Crippen molar-refractivity contribution >= 4 is 11.3 Å². The van der Waals surface area contributed by atoms with E-state index in [1.165, 1.54) is 5.56 Å². The van der Waals surface area contributed by atoms with Gasteiger partial charge in [0.1, 0.15) is 0 Å². The molecule has 0 N–H and O–H groups in total. The molecule has 0 fully saturated rings. The maximum absolute atomic E-state index is 3.94. The number of nitrogens with zero attached hydrogens (tertiary/aromatic N) is 1. The number of aryl methyl sites for hydroxylation is 2. The molecule has 1 aromatic carbocycles. The number of hydrogen-bond acceptors (Lipinski definition) is 2. The van der Waals surface area contributed by atoms with Crippen LogP contribution < -0.4 is 0 Å². The van der Waals surface area contributed by atoms with E-state index in [0.29, 0.717) is 0 Å². The topological polar surface area (TPSA) is 12.9 Å². The molecule has 0 atom stereocenters. The van der Waals surface area contributed by atoms with Gasteiger partial charge in [0.15, 0.2) is 0 Å². The minimum Gasteiger partial charge on any atom is -0.250 e. The van der Waals surface area contributed by atoms with E-state index < -0.39 is 0 Å². The van der Waals surface area contributed by atoms with E-state index in [2.05, 4.69) is 24.0 Å². The zero-order valence-electron chi connectivity index (χ0n) is 11.9. The van der Waals surface area contributed by atoms with Crippen LogP contribution >= 0.6 is 11.3 Å². The third-order valence-corrected chi connectivity index (χ3v) is 2.20. The monoisotopic (exact) mass is 251 g/mol. The normalized spacial score (nSPS) is 7.41. The highest BCUT2D eigenvalue weighted by atomic mass is 32.1. The minimum absolute atomic E-state index is 1.13. The molecule has 0 radical (unpaired) electrons. The predicted octanol–water partition coefficient (Wildman–Crippen LogP) is 5.50. The number of aromatic nitrogens is 1. The van der Waals surface area contributed by atoms with Crippen molar-refractivity contribution in [2.45, 2.75) is 41.5 Å². The Balaban J connectivity index is 0. The van der Waals surface area contributed by atoms with Gasteiger partial charge in [-0.3, -0.25) is 4.98 Å². The molecule has 1 nitrogen and oxygen atoms in total. The molecule has 0 amide bonds. The molecule has 2 rings (SSSR count). The lowest BCUT2D eigenvalue weighted by molar-refractivity contribution is 1.30. The molecule has 0 unspecified atom stereocenters. The van der Waals surface area contributed by atoms with Gasteiger partial charge in [-0.1, -0.05) is 63.6 Å². The summed E-state index contributed by atoms with van der Waals surface area (Å²) in [5.74, 6) is 0. The third-order valence-electron chi connectivity index (χ3n) is 1.50. The average Bonchev–Trinajstić information content (AvgIpc) is 2.87. The zero-order valence-corrected chi connectivity index (χ0v) is 12.7. The van der Waals surface area contributed by atoms with Gasteiger partial charge in [0.2, 0.25) is 0 Å². The van der Waals surface area contributed by atoms with E-state index in [1.54, 1.807) is 17.5 Å². The van der Waals surface area contributed by atoms with Gasteiger partial charge in [0, 0.05) is 11.6 Å². The minimum atomic E-state index is 1.13. The summed E-state index contributed by atoms with van der Waals surface area (Å²) in [6, 6.07) is 10.3. The largest absolute Gasteiger partial charge is 0.250 e. The fourth-order valence-corrected chi connectivity index (χ4v) is 1.27. The van der Waals surface area contributed by atoms with Crippen molar-refractivity contribution in [1.82, 2.24) is 4.98 Å². The number of thiazole rings is 1. The zero-order chi connectivity index (χ0) is 13.5. The Bertz CT molecular complexity index is 314. The first-order chi connectivity index (χ1) is 8.29. The van der Waals surface area contributed by atoms with Gasteiger partial charge >= 0.3 is 0 Å². The number of hydrogen-bond donors (Lipinski definition) is 0. The maximum atomic E-state index is 3.94. The van der Waals surface area contributed by atoms with Crippen LogP contribution in [0.4, 0.5) is 0 Å². The molecule has 17 heavy (non-hydrogen) atoms. The van der Waals surface area contributed by atoms with Crippen molar-refractivity contribution in [3.05, 3.63) is 52.5 Å². The van der Waals surface area contributed by atoms with Crippen LogP contribution in [-0.2, 0) is 0 Å². The van der Waals surface area contributed by atoms with Gasteiger partial charge in [-0.25, -0.2) is 0 Å². The summed E-state index contributed by atoms with van der Waals surface area (Å²) in [6.07, 6.45) is 1.81. The highest BCUT2D eigenvalue weighted by Crippen LogP contribution is 1.98. The number of rotatable bonds is 0. The number of benzene rings is 1. The van der Waals surface area contributed by atoms with E-state index in [0.717, 1.165) is 5.01 Å². The summed E-state index contributed by atoms with van der Waals surface area (Å²) in [4.78, 5) is 3.94. The van der Waals surface area contributed by atoms with Crippen molar-refractivity contribution in [3.63, 3.8) is 0 Å². The Hall–Kier alpha value is -1.15. The fourth-order valence-electron chi connectivity index (χ4n) is 0.829. The van der Waals surface area contributed by atoms with Gasteiger partial charge in [-0.15, -0.1) is 11.3 Å². The molecule has 0 spiro atoms. The Kier molecular flexibility index (Phi) is 15.9. The molecule has 96 valence electrons. The van der Waals surface area contributed by atoms with Gasteiger partial charge in [-0.2, -0.15) is 0 Å². The van der Waals surface area contributed by atoms with Crippen LogP contribution in [0, 0.1) is 13.8 Å². The van der Waals surface area contributed by atoms with Crippen LogP contribution in [0.15, 0.2) is 41.9 Å². The molecule has 0 saturated heterocycles. The second kappa shape index (κ2) is 14.8. The lowest BCUT2D eigenvalue weighted by atomic mass is 10.2. The Morgan fingerprint density at radius 3 is 1.59 bits per heavy atom. The summed E-state index contributed by atoms with van der Waals surface area (Å²) < 4.78 is 0. The van der Waals surface area contributed by atoms with Gasteiger partial charge in [-0.05, 0) is 13.8 Å². The highest BCUT2D eigenvalue weighted by molar-refractivity contribution is 7.09. The SMILES string of the molecule is CC.CC.Cc1ccccc1.Cc1nccs1. The van der Waals surface area contributed by atoms with E-state index in [-0.39, 0.29) is 0 Å². The molecule has 0 aliphatic carbocycles. The van der Waals surface area contributed by atoms with Crippen LogP contribution in [0.25, 0.3) is 0 Å². The van der Waals surface area contributed by atoms with Gasteiger partial charge in [0.05, 0.1) is 5.01 Å². The first-order valence-corrected chi connectivity index (χ1v) is 7.05. The molecule has 0 aliphatic rings. The molecule has 1 heterocycles. The third kappa shape index (κ3) is 12.8. The van der Waals surface area contributed by atoms with Crippen LogP contribution in [-0.4, -0.2) is 4.98 Å². The molecular weight excluding hydrogens is 226 g/mol. The predicted molar refractivity (Wildman–Crippen MR) is 80.7 cm³/mol. The smallest absolute Gasteiger partial charge is 0.0893 e. The quantitative estimate of drug-likeness (QED) is 0.602. The summed E-state index contributed by atoms with van der Waals surface area (Å²) in [5.41, 5.74) is 1.32. The average molecular weight is 251 g/mol. The molecule has 0 aliphatic heterocycles. The lowest BCUT2D eigenvalue weighted by Gasteiger charge is -1.82. The first kappa shape index (κ1) is 18.2. The van der Waals surface area contributed by atoms with Crippen molar-refractivity contribution in [2.24, 2.45) is 0 Å². The van der Waals surface area contributed by atoms with E-state index in [4.69, 9.17) is 0 Å². The van der Waals surface area contributed by atoms with Crippen molar-refractivity contribution in [3.8, 4) is 0 Å². The lowest BCUT2D eigenvalue weighted by Crippen LogP contribution is -1.62.